The summed E-state index contributed by atoms with van der Waals surface area (Å²) in [6.07, 6.45) is 3.38. The van der Waals surface area contributed by atoms with Crippen molar-refractivity contribution in [1.82, 2.24) is 15.2 Å². The fraction of sp³-hybridized carbons (Fsp3) is 0.333. The number of likely N-dealkylation sites (tertiary alicyclic amines) is 1. The highest BCUT2D eigenvalue weighted by atomic mass is 35.5. The second kappa shape index (κ2) is 11.9. The van der Waals surface area contributed by atoms with Crippen LogP contribution >= 0.6 is 11.6 Å². The van der Waals surface area contributed by atoms with Crippen LogP contribution in [0.4, 0.5) is 0 Å². The maximum absolute atomic E-state index is 13.2. The largest absolute Gasteiger partial charge is 0.493 e. The Morgan fingerprint density at radius 2 is 1.76 bits per heavy atom. The molecule has 3 aromatic rings. The van der Waals surface area contributed by atoms with Crippen LogP contribution in [0, 0.1) is 5.92 Å². The lowest BCUT2D eigenvalue weighted by molar-refractivity contribution is -0.127. The van der Waals surface area contributed by atoms with Crippen molar-refractivity contribution in [3.05, 3.63) is 89.2 Å². The van der Waals surface area contributed by atoms with Crippen LogP contribution in [0.5, 0.6) is 11.5 Å². The average Bonchev–Trinajstić information content (AvgIpc) is 2.89. The van der Waals surface area contributed by atoms with E-state index >= 15 is 0 Å². The number of amides is 1. The van der Waals surface area contributed by atoms with Gasteiger partial charge in [-0.2, -0.15) is 0 Å². The molecule has 0 spiro atoms. The number of pyridine rings is 1. The van der Waals surface area contributed by atoms with Crippen molar-refractivity contribution in [3.63, 3.8) is 0 Å². The van der Waals surface area contributed by atoms with Crippen molar-refractivity contribution >= 4 is 17.5 Å². The molecule has 178 valence electrons. The topological polar surface area (TPSA) is 63.7 Å². The van der Waals surface area contributed by atoms with Crippen molar-refractivity contribution in [2.75, 3.05) is 33.4 Å². The molecule has 4 rings (SSSR count). The molecule has 1 saturated heterocycles. The van der Waals surface area contributed by atoms with E-state index in [2.05, 4.69) is 15.2 Å². The zero-order chi connectivity index (χ0) is 23.8. The van der Waals surface area contributed by atoms with Gasteiger partial charge in [-0.3, -0.25) is 14.7 Å². The summed E-state index contributed by atoms with van der Waals surface area (Å²) < 4.78 is 11.2. The second-order valence-corrected chi connectivity index (χ2v) is 8.80. The Bertz CT molecular complexity index is 1050. The molecular formula is C27H30ClN3O3. The fourth-order valence-electron chi connectivity index (χ4n) is 4.23. The molecule has 1 aromatic heterocycles. The third-order valence-corrected chi connectivity index (χ3v) is 6.42. The molecule has 0 saturated carbocycles. The standard InChI is InChI=1S/C27H30ClN3O3/c1-33-24-7-2-3-8-25(24)34-19-18-31-16-13-21(14-17-31)27(32)30-26(23-6-4-5-15-29-23)20-9-11-22(28)12-10-20/h2-12,15,21,26H,13-14,16-19H2,1H3,(H,30,32)/t26-/m1/s1. The minimum Gasteiger partial charge on any atom is -0.493 e. The molecule has 34 heavy (non-hydrogen) atoms. The fourth-order valence-corrected chi connectivity index (χ4v) is 4.36. The predicted molar refractivity (Wildman–Crippen MR) is 133 cm³/mol. The molecule has 1 aliphatic heterocycles. The molecule has 0 unspecified atom stereocenters. The van der Waals surface area contributed by atoms with Crippen molar-refractivity contribution < 1.29 is 14.3 Å². The van der Waals surface area contributed by atoms with E-state index in [1.165, 1.54) is 0 Å². The van der Waals surface area contributed by atoms with Gasteiger partial charge in [0, 0.05) is 23.7 Å². The van der Waals surface area contributed by atoms with Crippen molar-refractivity contribution in [3.8, 4) is 11.5 Å². The van der Waals surface area contributed by atoms with Crippen LogP contribution in [0.3, 0.4) is 0 Å². The van der Waals surface area contributed by atoms with E-state index < -0.39 is 0 Å². The highest BCUT2D eigenvalue weighted by Gasteiger charge is 2.28. The van der Waals surface area contributed by atoms with Gasteiger partial charge in [0.05, 0.1) is 18.8 Å². The van der Waals surface area contributed by atoms with E-state index in [0.717, 1.165) is 55.2 Å². The van der Waals surface area contributed by atoms with Crippen molar-refractivity contribution in [2.45, 2.75) is 18.9 Å². The van der Waals surface area contributed by atoms with Crippen LogP contribution < -0.4 is 14.8 Å². The molecule has 1 fully saturated rings. The van der Waals surface area contributed by atoms with Gasteiger partial charge in [-0.15, -0.1) is 0 Å². The van der Waals surface area contributed by atoms with Gasteiger partial charge in [-0.05, 0) is 67.9 Å². The number of carbonyl (C=O) groups excluding carboxylic acids is 1. The Hall–Kier alpha value is -3.09. The summed E-state index contributed by atoms with van der Waals surface area (Å²) in [5.41, 5.74) is 1.77. The number of piperidine rings is 1. The Kier molecular flexibility index (Phi) is 8.39. The van der Waals surface area contributed by atoms with Gasteiger partial charge in [0.1, 0.15) is 6.61 Å². The third kappa shape index (κ3) is 6.27. The first-order valence-corrected chi connectivity index (χ1v) is 12.0. The zero-order valence-electron chi connectivity index (χ0n) is 19.3. The van der Waals surface area contributed by atoms with Crippen LogP contribution in [0.15, 0.2) is 72.9 Å². The summed E-state index contributed by atoms with van der Waals surface area (Å²) in [6, 6.07) is 20.6. The van der Waals surface area contributed by atoms with E-state index in [1.807, 2.05) is 66.7 Å². The summed E-state index contributed by atoms with van der Waals surface area (Å²) >= 11 is 6.07. The van der Waals surface area contributed by atoms with E-state index in [4.69, 9.17) is 21.1 Å². The molecule has 2 heterocycles. The predicted octanol–water partition coefficient (Wildman–Crippen LogP) is 4.74. The minimum atomic E-state index is -0.307. The van der Waals surface area contributed by atoms with Crippen molar-refractivity contribution in [2.24, 2.45) is 5.92 Å². The molecule has 1 atom stereocenters. The van der Waals surface area contributed by atoms with Crippen LogP contribution in [-0.4, -0.2) is 49.1 Å². The number of nitrogens with one attached hydrogen (secondary N) is 1. The first-order chi connectivity index (χ1) is 16.6. The van der Waals surface area contributed by atoms with Gasteiger partial charge < -0.3 is 14.8 Å². The molecule has 1 amide bonds. The molecular weight excluding hydrogens is 450 g/mol. The molecule has 2 aromatic carbocycles. The molecule has 0 bridgehead atoms. The number of methoxy groups -OCH3 is 1. The molecule has 1 aliphatic rings. The Morgan fingerprint density at radius 1 is 1.06 bits per heavy atom. The van der Waals surface area contributed by atoms with Gasteiger partial charge >= 0.3 is 0 Å². The lowest BCUT2D eigenvalue weighted by Gasteiger charge is -2.32. The Morgan fingerprint density at radius 3 is 2.44 bits per heavy atom. The van der Waals surface area contributed by atoms with Crippen LogP contribution in [0.1, 0.15) is 30.1 Å². The number of nitrogens with zero attached hydrogens (tertiary/aromatic N) is 2. The Balaban J connectivity index is 1.30. The van der Waals surface area contributed by atoms with Crippen LogP contribution in [0.2, 0.25) is 5.02 Å². The molecule has 0 aliphatic carbocycles. The number of benzene rings is 2. The van der Waals surface area contributed by atoms with Crippen molar-refractivity contribution in [1.29, 1.82) is 0 Å². The summed E-state index contributed by atoms with van der Waals surface area (Å²) in [5.74, 6) is 1.53. The molecule has 1 N–H and O–H groups in total. The summed E-state index contributed by atoms with van der Waals surface area (Å²) in [4.78, 5) is 20.0. The number of ether oxygens (including phenoxy) is 2. The highest BCUT2D eigenvalue weighted by molar-refractivity contribution is 6.30. The highest BCUT2D eigenvalue weighted by Crippen LogP contribution is 2.27. The van der Waals surface area contributed by atoms with Gasteiger partial charge in [0.25, 0.3) is 0 Å². The molecule has 6 nitrogen and oxygen atoms in total. The van der Waals surface area contributed by atoms with E-state index in [-0.39, 0.29) is 17.9 Å². The first-order valence-electron chi connectivity index (χ1n) is 11.6. The lowest BCUT2D eigenvalue weighted by Crippen LogP contribution is -2.42. The van der Waals surface area contributed by atoms with Crippen LogP contribution in [0.25, 0.3) is 0 Å². The lowest BCUT2D eigenvalue weighted by atomic mass is 9.94. The smallest absolute Gasteiger partial charge is 0.224 e. The minimum absolute atomic E-state index is 0.0232. The maximum Gasteiger partial charge on any atom is 0.224 e. The number of para-hydroxylation sites is 2. The van der Waals surface area contributed by atoms with Gasteiger partial charge in [0.2, 0.25) is 5.91 Å². The summed E-state index contributed by atoms with van der Waals surface area (Å²) in [6.45, 7) is 3.12. The second-order valence-electron chi connectivity index (χ2n) is 8.36. The Labute approximate surface area is 205 Å². The first kappa shape index (κ1) is 24.0. The number of aromatic nitrogens is 1. The summed E-state index contributed by atoms with van der Waals surface area (Å²) in [5, 5.41) is 3.89. The number of rotatable bonds is 9. The van der Waals surface area contributed by atoms with E-state index in [9.17, 15) is 4.79 Å². The number of hydrogen-bond acceptors (Lipinski definition) is 5. The number of halogens is 1. The third-order valence-electron chi connectivity index (χ3n) is 6.17. The van der Waals surface area contributed by atoms with Gasteiger partial charge in [-0.25, -0.2) is 0 Å². The quantitative estimate of drug-likeness (QED) is 0.480. The van der Waals surface area contributed by atoms with Crippen LogP contribution in [-0.2, 0) is 4.79 Å². The normalized spacial score (nSPS) is 15.5. The monoisotopic (exact) mass is 479 g/mol. The number of hydrogen-bond donors (Lipinski definition) is 1. The summed E-state index contributed by atoms with van der Waals surface area (Å²) in [7, 11) is 1.64. The maximum atomic E-state index is 13.2. The van der Waals surface area contributed by atoms with Gasteiger partial charge in [0.15, 0.2) is 11.5 Å². The molecule has 7 heteroatoms. The van der Waals surface area contributed by atoms with Gasteiger partial charge in [-0.1, -0.05) is 41.9 Å². The zero-order valence-corrected chi connectivity index (χ0v) is 20.1. The van der Waals surface area contributed by atoms with E-state index in [1.54, 1.807) is 13.3 Å². The molecule has 0 radical (unpaired) electrons. The van der Waals surface area contributed by atoms with E-state index in [0.29, 0.717) is 11.6 Å². The SMILES string of the molecule is COc1ccccc1OCCN1CCC(C(=O)N[C@H](c2ccc(Cl)cc2)c2ccccn2)CC1. The average molecular weight is 480 g/mol. The number of carbonyl (C=O) groups is 1.